The molecule has 2 rings (SSSR count). The molecule has 0 spiro atoms. The Balaban J connectivity index is 2.15. The Morgan fingerprint density at radius 3 is 2.90 bits per heavy atom. The molecule has 0 aliphatic heterocycles. The normalized spacial score (nSPS) is 11.4. The molecule has 1 aromatic carbocycles. The lowest BCUT2D eigenvalue weighted by Crippen LogP contribution is -2.11. The number of thiazole rings is 1. The number of nitrogens with one attached hydrogen (secondary N) is 1. The van der Waals surface area contributed by atoms with E-state index in [9.17, 15) is 9.90 Å². The molecule has 0 atom stereocenters. The number of nitrogens with zero attached hydrogens (tertiary/aromatic N) is 2. The maximum absolute atomic E-state index is 12.0. The van der Waals surface area contributed by atoms with Crippen LogP contribution in [0.15, 0.2) is 33.2 Å². The Labute approximate surface area is 126 Å². The average Bonchev–Trinajstić information content (AvgIpc) is 2.89. The van der Waals surface area contributed by atoms with Gasteiger partial charge in [-0.1, -0.05) is 5.16 Å². The lowest BCUT2D eigenvalue weighted by atomic mass is 10.2. The third-order valence-electron chi connectivity index (χ3n) is 2.45. The number of hydrogen-bond donors (Lipinski definition) is 3. The number of phenols is 1. The SMILES string of the molecule is C/C(=N/O)c1csc(NC(=O)c2ccc(Br)c(O)c2)n1. The molecule has 0 fully saturated rings. The molecule has 0 aliphatic rings. The number of oxime groups is 1. The summed E-state index contributed by atoms with van der Waals surface area (Å²) >= 11 is 4.36. The molecule has 0 aliphatic carbocycles. The zero-order valence-electron chi connectivity index (χ0n) is 10.3. The fourth-order valence-corrected chi connectivity index (χ4v) is 2.37. The Bertz CT molecular complexity index is 684. The Morgan fingerprint density at radius 2 is 2.25 bits per heavy atom. The van der Waals surface area contributed by atoms with Gasteiger partial charge in [-0.3, -0.25) is 10.1 Å². The molecule has 0 radical (unpaired) electrons. The predicted molar refractivity (Wildman–Crippen MR) is 79.9 cm³/mol. The number of aromatic hydroxyl groups is 1. The largest absolute Gasteiger partial charge is 0.507 e. The first-order valence-electron chi connectivity index (χ1n) is 5.45. The second-order valence-corrected chi connectivity index (χ2v) is 5.56. The highest BCUT2D eigenvalue weighted by atomic mass is 79.9. The van der Waals surface area contributed by atoms with E-state index in [4.69, 9.17) is 5.21 Å². The number of phenolic OH excluding ortho intramolecular Hbond substituents is 1. The van der Waals surface area contributed by atoms with E-state index < -0.39 is 0 Å². The topological polar surface area (TPSA) is 94.8 Å². The van der Waals surface area contributed by atoms with Crippen molar-refractivity contribution in [2.45, 2.75) is 6.92 Å². The second-order valence-electron chi connectivity index (χ2n) is 3.84. The van der Waals surface area contributed by atoms with Gasteiger partial charge in [0.05, 0.1) is 4.47 Å². The van der Waals surface area contributed by atoms with Gasteiger partial charge in [0.1, 0.15) is 17.2 Å². The van der Waals surface area contributed by atoms with Crippen LogP contribution in [0.4, 0.5) is 5.13 Å². The smallest absolute Gasteiger partial charge is 0.257 e. The van der Waals surface area contributed by atoms with Gasteiger partial charge in [-0.15, -0.1) is 11.3 Å². The van der Waals surface area contributed by atoms with Gasteiger partial charge in [0.15, 0.2) is 5.13 Å². The first kappa shape index (κ1) is 14.5. The number of benzene rings is 1. The van der Waals surface area contributed by atoms with E-state index in [-0.39, 0.29) is 11.7 Å². The van der Waals surface area contributed by atoms with Crippen molar-refractivity contribution in [3.63, 3.8) is 0 Å². The minimum absolute atomic E-state index is 0.0132. The molecular weight excluding hydrogens is 346 g/mol. The first-order chi connectivity index (χ1) is 9.51. The van der Waals surface area contributed by atoms with Crippen LogP contribution < -0.4 is 5.32 Å². The maximum Gasteiger partial charge on any atom is 0.257 e. The molecule has 6 nitrogen and oxygen atoms in total. The van der Waals surface area contributed by atoms with Crippen molar-refractivity contribution in [3.8, 4) is 5.75 Å². The second kappa shape index (κ2) is 6.02. The fraction of sp³-hybridized carbons (Fsp3) is 0.0833. The molecule has 0 saturated heterocycles. The third kappa shape index (κ3) is 3.14. The number of amides is 1. The number of carbonyl (C=O) groups is 1. The summed E-state index contributed by atoms with van der Waals surface area (Å²) in [6.45, 7) is 1.60. The highest BCUT2D eigenvalue weighted by Crippen LogP contribution is 2.25. The zero-order chi connectivity index (χ0) is 14.7. The monoisotopic (exact) mass is 355 g/mol. The van der Waals surface area contributed by atoms with Gasteiger partial charge in [-0.2, -0.15) is 0 Å². The number of aromatic nitrogens is 1. The van der Waals surface area contributed by atoms with Gasteiger partial charge in [0, 0.05) is 10.9 Å². The van der Waals surface area contributed by atoms with Gasteiger partial charge < -0.3 is 10.3 Å². The summed E-state index contributed by atoms with van der Waals surface area (Å²) in [5.41, 5.74) is 1.17. The van der Waals surface area contributed by atoms with Crippen molar-refractivity contribution in [1.82, 2.24) is 4.98 Å². The van der Waals surface area contributed by atoms with Crippen LogP contribution >= 0.6 is 27.3 Å². The van der Waals surface area contributed by atoms with Crippen molar-refractivity contribution < 1.29 is 15.1 Å². The molecule has 2 aromatic rings. The molecule has 20 heavy (non-hydrogen) atoms. The van der Waals surface area contributed by atoms with E-state index in [2.05, 4.69) is 31.4 Å². The van der Waals surface area contributed by atoms with Crippen LogP contribution in [0.3, 0.4) is 0 Å². The van der Waals surface area contributed by atoms with Crippen molar-refractivity contribution in [2.24, 2.45) is 5.16 Å². The van der Waals surface area contributed by atoms with Crippen LogP contribution in [0.5, 0.6) is 5.75 Å². The Morgan fingerprint density at radius 1 is 1.50 bits per heavy atom. The molecule has 104 valence electrons. The van der Waals surface area contributed by atoms with Gasteiger partial charge >= 0.3 is 0 Å². The standard InChI is InChI=1S/C12H10BrN3O3S/c1-6(16-19)9-5-20-12(14-9)15-11(18)7-2-3-8(13)10(17)4-7/h2-5,17,19H,1H3,(H,14,15,18)/b16-6-. The van der Waals surface area contributed by atoms with Crippen molar-refractivity contribution in [1.29, 1.82) is 0 Å². The van der Waals surface area contributed by atoms with E-state index in [0.29, 0.717) is 26.6 Å². The quantitative estimate of drug-likeness (QED) is 0.448. The van der Waals surface area contributed by atoms with Gasteiger partial charge in [-0.05, 0) is 41.1 Å². The molecule has 8 heteroatoms. The fourth-order valence-electron chi connectivity index (χ4n) is 1.37. The average molecular weight is 356 g/mol. The lowest BCUT2D eigenvalue weighted by molar-refractivity contribution is 0.102. The lowest BCUT2D eigenvalue weighted by Gasteiger charge is -2.03. The first-order valence-corrected chi connectivity index (χ1v) is 7.13. The van der Waals surface area contributed by atoms with E-state index >= 15 is 0 Å². The number of halogens is 1. The van der Waals surface area contributed by atoms with E-state index in [1.165, 1.54) is 17.4 Å². The molecule has 3 N–H and O–H groups in total. The van der Waals surface area contributed by atoms with Crippen molar-refractivity contribution in [3.05, 3.63) is 39.3 Å². The van der Waals surface area contributed by atoms with Crippen LogP contribution in [0, 0.1) is 0 Å². The van der Waals surface area contributed by atoms with Crippen molar-refractivity contribution >= 4 is 44.0 Å². The summed E-state index contributed by atoms with van der Waals surface area (Å²) in [6, 6.07) is 4.52. The summed E-state index contributed by atoms with van der Waals surface area (Å²) in [5, 5.41) is 25.9. The summed E-state index contributed by atoms with van der Waals surface area (Å²) in [6.07, 6.45) is 0. The highest BCUT2D eigenvalue weighted by Gasteiger charge is 2.11. The summed E-state index contributed by atoms with van der Waals surface area (Å²) in [7, 11) is 0. The number of rotatable bonds is 3. The van der Waals surface area contributed by atoms with Crippen LogP contribution in [-0.2, 0) is 0 Å². The van der Waals surface area contributed by atoms with Crippen LogP contribution in [0.25, 0.3) is 0 Å². The highest BCUT2D eigenvalue weighted by molar-refractivity contribution is 9.10. The molecular formula is C12H10BrN3O3S. The molecule has 1 amide bonds. The van der Waals surface area contributed by atoms with Crippen molar-refractivity contribution in [2.75, 3.05) is 5.32 Å². The number of hydrogen-bond acceptors (Lipinski definition) is 6. The van der Waals surface area contributed by atoms with Gasteiger partial charge in [-0.25, -0.2) is 4.98 Å². The van der Waals surface area contributed by atoms with E-state index in [1.807, 2.05) is 0 Å². The van der Waals surface area contributed by atoms with E-state index in [1.54, 1.807) is 24.4 Å². The van der Waals surface area contributed by atoms with Gasteiger partial charge in [0.2, 0.25) is 0 Å². The summed E-state index contributed by atoms with van der Waals surface area (Å²) in [5.74, 6) is -0.395. The summed E-state index contributed by atoms with van der Waals surface area (Å²) < 4.78 is 0.514. The van der Waals surface area contributed by atoms with Crippen LogP contribution in [-0.4, -0.2) is 26.9 Å². The minimum atomic E-state index is -0.382. The molecule has 0 bridgehead atoms. The van der Waals surface area contributed by atoms with Gasteiger partial charge in [0.25, 0.3) is 5.91 Å². The molecule has 1 heterocycles. The predicted octanol–water partition coefficient (Wildman–Crippen LogP) is 3.06. The Hall–Kier alpha value is -1.93. The van der Waals surface area contributed by atoms with Crippen LogP contribution in [0.2, 0.25) is 0 Å². The van der Waals surface area contributed by atoms with E-state index in [0.717, 1.165) is 0 Å². The number of anilines is 1. The molecule has 0 unspecified atom stereocenters. The Kier molecular flexibility index (Phi) is 4.35. The van der Waals surface area contributed by atoms with Crippen LogP contribution in [0.1, 0.15) is 23.0 Å². The molecule has 0 saturated carbocycles. The summed E-state index contributed by atoms with van der Waals surface area (Å²) in [4.78, 5) is 16.1. The third-order valence-corrected chi connectivity index (χ3v) is 3.88. The number of carbonyl (C=O) groups excluding carboxylic acids is 1. The zero-order valence-corrected chi connectivity index (χ0v) is 12.7. The molecule has 1 aromatic heterocycles. The maximum atomic E-state index is 12.0. The minimum Gasteiger partial charge on any atom is -0.507 e.